The van der Waals surface area contributed by atoms with Gasteiger partial charge in [0.1, 0.15) is 0 Å². The molecule has 3 N–H and O–H groups in total. The van der Waals surface area contributed by atoms with Crippen LogP contribution in [0.4, 0.5) is 0 Å². The number of nitrogens with one attached hydrogen (secondary N) is 1. The molecule has 1 aliphatic carbocycles. The summed E-state index contributed by atoms with van der Waals surface area (Å²) in [6, 6.07) is 0.295. The number of hydrogen-bond acceptors (Lipinski definition) is 4. The third-order valence-electron chi connectivity index (χ3n) is 4.16. The summed E-state index contributed by atoms with van der Waals surface area (Å²) in [6.07, 6.45) is 3.27. The first-order chi connectivity index (χ1) is 8.56. The Morgan fingerprint density at radius 2 is 1.83 bits per heavy atom. The standard InChI is InChI=1S/C13H24N2O3/c1-9-4-2-3-5-10(9)14-13(18)8-15-6-11(16)12(17)7-15/h9-12,16-17H,2-8H2,1H3,(H,14,18)/t9?,10?,11-,12+. The van der Waals surface area contributed by atoms with Crippen molar-refractivity contribution in [2.75, 3.05) is 19.6 Å². The van der Waals surface area contributed by atoms with Crippen molar-refractivity contribution in [3.63, 3.8) is 0 Å². The lowest BCUT2D eigenvalue weighted by Crippen LogP contribution is -2.45. The SMILES string of the molecule is CC1CCCCC1NC(=O)CN1C[C@@H](O)[C@@H](O)C1. The van der Waals surface area contributed by atoms with Crippen molar-refractivity contribution in [1.82, 2.24) is 10.2 Å². The van der Waals surface area contributed by atoms with Crippen LogP contribution in [-0.2, 0) is 4.79 Å². The Kier molecular flexibility index (Phi) is 4.59. The molecule has 2 fully saturated rings. The molecule has 0 bridgehead atoms. The fourth-order valence-electron chi connectivity index (χ4n) is 2.96. The molecule has 5 nitrogen and oxygen atoms in total. The van der Waals surface area contributed by atoms with E-state index >= 15 is 0 Å². The number of carbonyl (C=O) groups is 1. The highest BCUT2D eigenvalue weighted by atomic mass is 16.3. The number of aliphatic hydroxyl groups excluding tert-OH is 2. The molecule has 104 valence electrons. The first kappa shape index (κ1) is 13.8. The highest BCUT2D eigenvalue weighted by molar-refractivity contribution is 5.78. The molecule has 0 radical (unpaired) electrons. The van der Waals surface area contributed by atoms with Gasteiger partial charge in [-0.2, -0.15) is 0 Å². The molecular formula is C13H24N2O3. The molecule has 0 aromatic heterocycles. The van der Waals surface area contributed by atoms with Crippen LogP contribution in [0.25, 0.3) is 0 Å². The zero-order chi connectivity index (χ0) is 13.1. The average molecular weight is 256 g/mol. The molecule has 2 rings (SSSR count). The first-order valence-electron chi connectivity index (χ1n) is 6.94. The van der Waals surface area contributed by atoms with Gasteiger partial charge in [-0.15, -0.1) is 0 Å². The van der Waals surface area contributed by atoms with Gasteiger partial charge in [-0.25, -0.2) is 0 Å². The number of hydrogen-bond donors (Lipinski definition) is 3. The fraction of sp³-hybridized carbons (Fsp3) is 0.923. The minimum atomic E-state index is -0.716. The van der Waals surface area contributed by atoms with Gasteiger partial charge in [-0.1, -0.05) is 19.8 Å². The second kappa shape index (κ2) is 5.99. The predicted octanol–water partition coefficient (Wildman–Crippen LogP) is -0.281. The molecule has 0 spiro atoms. The van der Waals surface area contributed by atoms with Crippen LogP contribution in [-0.4, -0.2) is 58.9 Å². The van der Waals surface area contributed by atoms with E-state index in [2.05, 4.69) is 12.2 Å². The van der Waals surface area contributed by atoms with Crippen molar-refractivity contribution in [3.05, 3.63) is 0 Å². The van der Waals surface area contributed by atoms with Gasteiger partial charge in [0, 0.05) is 19.1 Å². The Balaban J connectivity index is 1.75. The maximum absolute atomic E-state index is 11.9. The van der Waals surface area contributed by atoms with Gasteiger partial charge in [0.05, 0.1) is 18.8 Å². The summed E-state index contributed by atoms with van der Waals surface area (Å²) in [5.41, 5.74) is 0. The van der Waals surface area contributed by atoms with Crippen LogP contribution in [0.3, 0.4) is 0 Å². The molecule has 2 unspecified atom stereocenters. The Bertz CT molecular complexity index is 288. The van der Waals surface area contributed by atoms with Crippen molar-refractivity contribution in [1.29, 1.82) is 0 Å². The second-order valence-corrected chi connectivity index (χ2v) is 5.76. The number of likely N-dealkylation sites (tertiary alicyclic amines) is 1. The molecule has 0 aromatic carbocycles. The molecule has 1 aliphatic heterocycles. The zero-order valence-corrected chi connectivity index (χ0v) is 11.0. The van der Waals surface area contributed by atoms with Gasteiger partial charge in [0.2, 0.25) is 5.91 Å². The lowest BCUT2D eigenvalue weighted by molar-refractivity contribution is -0.123. The summed E-state index contributed by atoms with van der Waals surface area (Å²) in [4.78, 5) is 13.7. The molecule has 2 aliphatic rings. The molecule has 1 heterocycles. The number of amides is 1. The summed E-state index contributed by atoms with van der Waals surface area (Å²) in [5, 5.41) is 21.9. The van der Waals surface area contributed by atoms with Crippen LogP contribution >= 0.6 is 0 Å². The van der Waals surface area contributed by atoms with E-state index < -0.39 is 12.2 Å². The van der Waals surface area contributed by atoms with E-state index in [0.29, 0.717) is 25.0 Å². The van der Waals surface area contributed by atoms with Gasteiger partial charge in [-0.3, -0.25) is 9.69 Å². The molecule has 1 amide bonds. The Labute approximate surface area is 108 Å². The van der Waals surface area contributed by atoms with Gasteiger partial charge < -0.3 is 15.5 Å². The number of β-amino-alcohol motifs (C(OH)–C–C–N with tert-alkyl or cyclic N) is 2. The van der Waals surface area contributed by atoms with Crippen LogP contribution in [0.1, 0.15) is 32.6 Å². The lowest BCUT2D eigenvalue weighted by atomic mass is 9.86. The number of carbonyl (C=O) groups excluding carboxylic acids is 1. The molecule has 4 atom stereocenters. The average Bonchev–Trinajstić information content (AvgIpc) is 2.61. The smallest absolute Gasteiger partial charge is 0.234 e. The maximum Gasteiger partial charge on any atom is 0.234 e. The number of aliphatic hydroxyl groups is 2. The summed E-state index contributed by atoms with van der Waals surface area (Å²) in [6.45, 7) is 3.23. The molecule has 1 saturated heterocycles. The van der Waals surface area contributed by atoms with Gasteiger partial charge in [0.25, 0.3) is 0 Å². The summed E-state index contributed by atoms with van der Waals surface area (Å²) in [7, 11) is 0. The minimum absolute atomic E-state index is 0.00931. The third kappa shape index (κ3) is 3.43. The zero-order valence-electron chi connectivity index (χ0n) is 11.0. The van der Waals surface area contributed by atoms with E-state index in [4.69, 9.17) is 0 Å². The first-order valence-corrected chi connectivity index (χ1v) is 6.94. The van der Waals surface area contributed by atoms with Crippen molar-refractivity contribution in [3.8, 4) is 0 Å². The number of nitrogens with zero attached hydrogens (tertiary/aromatic N) is 1. The van der Waals surface area contributed by atoms with Gasteiger partial charge in [-0.05, 0) is 18.8 Å². The van der Waals surface area contributed by atoms with Crippen LogP contribution in [0.2, 0.25) is 0 Å². The Hall–Kier alpha value is -0.650. The van der Waals surface area contributed by atoms with E-state index in [1.165, 1.54) is 19.3 Å². The van der Waals surface area contributed by atoms with Crippen LogP contribution < -0.4 is 5.32 Å². The summed E-state index contributed by atoms with van der Waals surface area (Å²) in [5.74, 6) is 0.563. The van der Waals surface area contributed by atoms with E-state index in [1.807, 2.05) is 0 Å². The van der Waals surface area contributed by atoms with Crippen molar-refractivity contribution < 1.29 is 15.0 Å². The van der Waals surface area contributed by atoms with Crippen molar-refractivity contribution in [2.45, 2.75) is 50.9 Å². The van der Waals surface area contributed by atoms with E-state index in [-0.39, 0.29) is 12.5 Å². The fourth-order valence-corrected chi connectivity index (χ4v) is 2.96. The summed E-state index contributed by atoms with van der Waals surface area (Å²) < 4.78 is 0. The minimum Gasteiger partial charge on any atom is -0.389 e. The van der Waals surface area contributed by atoms with Crippen LogP contribution in [0, 0.1) is 5.92 Å². The molecule has 5 heteroatoms. The van der Waals surface area contributed by atoms with E-state index in [9.17, 15) is 15.0 Å². The Morgan fingerprint density at radius 3 is 2.44 bits per heavy atom. The van der Waals surface area contributed by atoms with Crippen LogP contribution in [0.15, 0.2) is 0 Å². The quantitative estimate of drug-likeness (QED) is 0.649. The van der Waals surface area contributed by atoms with E-state index in [1.54, 1.807) is 4.90 Å². The Morgan fingerprint density at radius 1 is 1.22 bits per heavy atom. The molecular weight excluding hydrogens is 232 g/mol. The predicted molar refractivity (Wildman–Crippen MR) is 68.0 cm³/mol. The third-order valence-corrected chi connectivity index (χ3v) is 4.16. The highest BCUT2D eigenvalue weighted by Gasteiger charge is 2.31. The molecule has 1 saturated carbocycles. The monoisotopic (exact) mass is 256 g/mol. The molecule has 18 heavy (non-hydrogen) atoms. The maximum atomic E-state index is 11.9. The topological polar surface area (TPSA) is 72.8 Å². The van der Waals surface area contributed by atoms with Gasteiger partial charge in [0.15, 0.2) is 0 Å². The summed E-state index contributed by atoms with van der Waals surface area (Å²) >= 11 is 0. The number of rotatable bonds is 3. The largest absolute Gasteiger partial charge is 0.389 e. The highest BCUT2D eigenvalue weighted by Crippen LogP contribution is 2.23. The van der Waals surface area contributed by atoms with Crippen molar-refractivity contribution >= 4 is 5.91 Å². The lowest BCUT2D eigenvalue weighted by Gasteiger charge is -2.30. The van der Waals surface area contributed by atoms with E-state index in [0.717, 1.165) is 6.42 Å². The molecule has 0 aromatic rings. The van der Waals surface area contributed by atoms with Crippen molar-refractivity contribution in [2.24, 2.45) is 5.92 Å². The van der Waals surface area contributed by atoms with Crippen LogP contribution in [0.5, 0.6) is 0 Å². The second-order valence-electron chi connectivity index (χ2n) is 5.76. The normalized spacial score (nSPS) is 37.7. The van der Waals surface area contributed by atoms with Gasteiger partial charge >= 0.3 is 0 Å².